The second-order valence-electron chi connectivity index (χ2n) is 4.48. The zero-order valence-electron chi connectivity index (χ0n) is 8.87. The largest absolute Gasteiger partial charge is 0.399 e. The number of nitrogens with two attached hydrogens (primary N) is 1. The molecule has 80 valence electrons. The van der Waals surface area contributed by atoms with Crippen molar-refractivity contribution in [3.8, 4) is 0 Å². The van der Waals surface area contributed by atoms with E-state index < -0.39 is 0 Å². The molecule has 0 radical (unpaired) electrons. The van der Waals surface area contributed by atoms with Crippen LogP contribution < -0.4 is 16.0 Å². The van der Waals surface area contributed by atoms with Crippen molar-refractivity contribution >= 4 is 11.4 Å². The molecule has 1 saturated heterocycles. The zero-order valence-corrected chi connectivity index (χ0v) is 8.87. The number of rotatable bonds is 0. The molecule has 3 N–H and O–H groups in total. The molecule has 0 spiro atoms. The Morgan fingerprint density at radius 3 is 3.27 bits per heavy atom. The Hall–Kier alpha value is -1.22. The van der Waals surface area contributed by atoms with Crippen LogP contribution in [-0.4, -0.2) is 25.7 Å². The normalized spacial score (nSPS) is 24.5. The number of anilines is 2. The minimum atomic E-state index is 0.690. The van der Waals surface area contributed by atoms with Gasteiger partial charge in [0.15, 0.2) is 0 Å². The van der Waals surface area contributed by atoms with E-state index in [-0.39, 0.29) is 0 Å². The van der Waals surface area contributed by atoms with Gasteiger partial charge in [-0.15, -0.1) is 0 Å². The molecule has 2 aliphatic rings. The van der Waals surface area contributed by atoms with E-state index in [9.17, 15) is 0 Å². The average Bonchev–Trinajstić information content (AvgIpc) is 2.28. The van der Waals surface area contributed by atoms with Gasteiger partial charge in [-0.05, 0) is 36.6 Å². The molecular formula is C12H17N3. The van der Waals surface area contributed by atoms with Crippen LogP contribution in [0, 0.1) is 0 Å². The highest BCUT2D eigenvalue weighted by Crippen LogP contribution is 2.32. The van der Waals surface area contributed by atoms with Crippen LogP contribution in [-0.2, 0) is 6.42 Å². The van der Waals surface area contributed by atoms with E-state index in [0.717, 1.165) is 25.3 Å². The van der Waals surface area contributed by atoms with E-state index in [1.165, 1.54) is 24.1 Å². The van der Waals surface area contributed by atoms with E-state index in [0.29, 0.717) is 6.04 Å². The predicted molar refractivity (Wildman–Crippen MR) is 63.2 cm³/mol. The Bertz CT molecular complexity index is 375. The third-order valence-electron chi connectivity index (χ3n) is 3.51. The number of hydrogen-bond donors (Lipinski definition) is 2. The van der Waals surface area contributed by atoms with Crippen LogP contribution in [0.3, 0.4) is 0 Å². The predicted octanol–water partition coefficient (Wildman–Crippen LogP) is 0.993. The highest BCUT2D eigenvalue weighted by Gasteiger charge is 2.27. The lowest BCUT2D eigenvalue weighted by Crippen LogP contribution is -2.53. The molecule has 0 bridgehead atoms. The summed E-state index contributed by atoms with van der Waals surface area (Å²) in [5.74, 6) is 0. The fourth-order valence-electron chi connectivity index (χ4n) is 2.74. The summed E-state index contributed by atoms with van der Waals surface area (Å²) in [6, 6.07) is 7.02. The molecule has 0 amide bonds. The van der Waals surface area contributed by atoms with Gasteiger partial charge in [-0.1, -0.05) is 0 Å². The standard InChI is InChI=1S/C12H17N3/c13-10-2-4-12-9(7-10)1-3-11-8-14-5-6-15(11)12/h2,4,7,11,14H,1,3,5-6,8,13H2. The summed E-state index contributed by atoms with van der Waals surface area (Å²) in [7, 11) is 0. The molecular weight excluding hydrogens is 186 g/mol. The summed E-state index contributed by atoms with van der Waals surface area (Å²) in [6.45, 7) is 3.35. The number of fused-ring (bicyclic) bond motifs is 3. The number of nitrogen functional groups attached to an aromatic ring is 1. The molecule has 1 fully saturated rings. The average molecular weight is 203 g/mol. The van der Waals surface area contributed by atoms with Gasteiger partial charge in [0.1, 0.15) is 0 Å². The van der Waals surface area contributed by atoms with Crippen molar-refractivity contribution < 1.29 is 0 Å². The Kier molecular flexibility index (Phi) is 2.06. The van der Waals surface area contributed by atoms with Crippen molar-refractivity contribution in [1.82, 2.24) is 5.32 Å². The van der Waals surface area contributed by atoms with Gasteiger partial charge in [0.2, 0.25) is 0 Å². The molecule has 0 saturated carbocycles. The van der Waals surface area contributed by atoms with Crippen LogP contribution in [0.5, 0.6) is 0 Å². The number of benzene rings is 1. The summed E-state index contributed by atoms with van der Waals surface area (Å²) in [4.78, 5) is 2.54. The smallest absolute Gasteiger partial charge is 0.0418 e. The maximum atomic E-state index is 5.82. The molecule has 2 aliphatic heterocycles. The number of aryl methyl sites for hydroxylation is 1. The lowest BCUT2D eigenvalue weighted by Gasteiger charge is -2.42. The zero-order chi connectivity index (χ0) is 10.3. The van der Waals surface area contributed by atoms with Crippen molar-refractivity contribution in [1.29, 1.82) is 0 Å². The Labute approximate surface area is 90.3 Å². The van der Waals surface area contributed by atoms with Gasteiger partial charge in [-0.2, -0.15) is 0 Å². The number of piperazine rings is 1. The van der Waals surface area contributed by atoms with Crippen molar-refractivity contribution in [2.45, 2.75) is 18.9 Å². The van der Waals surface area contributed by atoms with Gasteiger partial charge in [-0.3, -0.25) is 0 Å². The van der Waals surface area contributed by atoms with Crippen LogP contribution in [0.2, 0.25) is 0 Å². The van der Waals surface area contributed by atoms with E-state index in [4.69, 9.17) is 5.73 Å². The first-order valence-corrected chi connectivity index (χ1v) is 5.70. The molecule has 1 unspecified atom stereocenters. The SMILES string of the molecule is Nc1ccc2c(c1)CCC1CNCCN21. The van der Waals surface area contributed by atoms with Crippen molar-refractivity contribution in [2.75, 3.05) is 30.3 Å². The minimum Gasteiger partial charge on any atom is -0.399 e. The molecule has 1 aromatic rings. The summed E-state index contributed by atoms with van der Waals surface area (Å²) in [6.07, 6.45) is 2.42. The van der Waals surface area contributed by atoms with E-state index in [1.54, 1.807) is 0 Å². The van der Waals surface area contributed by atoms with Gasteiger partial charge >= 0.3 is 0 Å². The third kappa shape index (κ3) is 1.47. The highest BCUT2D eigenvalue weighted by molar-refractivity contribution is 5.62. The van der Waals surface area contributed by atoms with E-state index in [1.807, 2.05) is 6.07 Å². The fraction of sp³-hybridized carbons (Fsp3) is 0.500. The van der Waals surface area contributed by atoms with Crippen molar-refractivity contribution in [3.05, 3.63) is 23.8 Å². The molecule has 1 atom stereocenters. The van der Waals surface area contributed by atoms with Crippen LogP contribution in [0.15, 0.2) is 18.2 Å². The second-order valence-corrected chi connectivity index (χ2v) is 4.48. The fourth-order valence-corrected chi connectivity index (χ4v) is 2.74. The minimum absolute atomic E-state index is 0.690. The summed E-state index contributed by atoms with van der Waals surface area (Å²) >= 11 is 0. The first kappa shape index (κ1) is 9.04. The van der Waals surface area contributed by atoms with E-state index >= 15 is 0 Å². The van der Waals surface area contributed by atoms with Gasteiger partial charge in [-0.25, -0.2) is 0 Å². The van der Waals surface area contributed by atoms with Crippen LogP contribution in [0.25, 0.3) is 0 Å². The summed E-state index contributed by atoms with van der Waals surface area (Å²) in [5.41, 5.74) is 9.54. The highest BCUT2D eigenvalue weighted by atomic mass is 15.2. The molecule has 2 heterocycles. The van der Waals surface area contributed by atoms with Gasteiger partial charge < -0.3 is 16.0 Å². The Morgan fingerprint density at radius 2 is 2.33 bits per heavy atom. The summed E-state index contributed by atoms with van der Waals surface area (Å²) < 4.78 is 0. The number of hydrogen-bond acceptors (Lipinski definition) is 3. The first-order chi connectivity index (χ1) is 7.34. The summed E-state index contributed by atoms with van der Waals surface area (Å²) in [5, 5.41) is 3.46. The van der Waals surface area contributed by atoms with Crippen LogP contribution >= 0.6 is 0 Å². The van der Waals surface area contributed by atoms with Gasteiger partial charge in [0, 0.05) is 37.1 Å². The monoisotopic (exact) mass is 203 g/mol. The van der Waals surface area contributed by atoms with E-state index in [2.05, 4.69) is 22.3 Å². The quantitative estimate of drug-likeness (QED) is 0.618. The van der Waals surface area contributed by atoms with Gasteiger partial charge in [0.05, 0.1) is 0 Å². The second kappa shape index (κ2) is 3.42. The molecule has 3 heteroatoms. The maximum absolute atomic E-state index is 5.82. The lowest BCUT2D eigenvalue weighted by atomic mass is 9.94. The first-order valence-electron chi connectivity index (χ1n) is 5.70. The molecule has 0 aliphatic carbocycles. The molecule has 3 nitrogen and oxygen atoms in total. The number of nitrogens with one attached hydrogen (secondary N) is 1. The third-order valence-corrected chi connectivity index (χ3v) is 3.51. The molecule has 15 heavy (non-hydrogen) atoms. The van der Waals surface area contributed by atoms with Crippen molar-refractivity contribution in [2.24, 2.45) is 0 Å². The Morgan fingerprint density at radius 1 is 1.40 bits per heavy atom. The molecule has 0 aromatic heterocycles. The maximum Gasteiger partial charge on any atom is 0.0418 e. The van der Waals surface area contributed by atoms with Crippen LogP contribution in [0.4, 0.5) is 11.4 Å². The van der Waals surface area contributed by atoms with Crippen molar-refractivity contribution in [3.63, 3.8) is 0 Å². The Balaban J connectivity index is 1.99. The topological polar surface area (TPSA) is 41.3 Å². The van der Waals surface area contributed by atoms with Crippen LogP contribution in [0.1, 0.15) is 12.0 Å². The molecule has 3 rings (SSSR count). The lowest BCUT2D eigenvalue weighted by molar-refractivity contribution is 0.440. The number of nitrogens with zero attached hydrogens (tertiary/aromatic N) is 1. The van der Waals surface area contributed by atoms with Gasteiger partial charge in [0.25, 0.3) is 0 Å². The molecule has 1 aromatic carbocycles.